The molecule has 0 radical (unpaired) electrons. The van der Waals surface area contributed by atoms with Crippen molar-refractivity contribution in [2.24, 2.45) is 0 Å². The Bertz CT molecular complexity index is 563. The van der Waals surface area contributed by atoms with E-state index in [2.05, 4.69) is 0 Å². The lowest BCUT2D eigenvalue weighted by molar-refractivity contribution is 0.0780. The molecule has 2 aromatic rings. The fraction of sp³-hybridized carbons (Fsp3) is 0.294. The first kappa shape index (κ1) is 14.5. The lowest BCUT2D eigenvalue weighted by atomic mass is 9.96. The van der Waals surface area contributed by atoms with Crippen LogP contribution < -0.4 is 4.74 Å². The lowest BCUT2D eigenvalue weighted by Gasteiger charge is -2.20. The van der Waals surface area contributed by atoms with Crippen LogP contribution in [0.2, 0.25) is 0 Å². The van der Waals surface area contributed by atoms with Gasteiger partial charge in [0.15, 0.2) is 11.6 Å². The molecule has 106 valence electrons. The molecule has 0 heterocycles. The van der Waals surface area contributed by atoms with Crippen molar-refractivity contribution < 1.29 is 14.2 Å². The van der Waals surface area contributed by atoms with E-state index in [1.807, 2.05) is 30.3 Å². The molecule has 0 unspecified atom stereocenters. The highest BCUT2D eigenvalue weighted by atomic mass is 19.1. The molecule has 0 fully saturated rings. The van der Waals surface area contributed by atoms with Gasteiger partial charge in [-0.05, 0) is 49.6 Å². The zero-order chi connectivity index (χ0) is 14.8. The molecule has 0 aliphatic rings. The maximum atomic E-state index is 14.1. The van der Waals surface area contributed by atoms with E-state index in [-0.39, 0.29) is 5.75 Å². The van der Waals surface area contributed by atoms with Gasteiger partial charge in [0.25, 0.3) is 0 Å². The number of halogens is 1. The number of hydrogen-bond acceptors (Lipinski definition) is 2. The smallest absolute Gasteiger partial charge is 0.165 e. The van der Waals surface area contributed by atoms with Crippen molar-refractivity contribution in [3.63, 3.8) is 0 Å². The van der Waals surface area contributed by atoms with Crippen molar-refractivity contribution in [2.45, 2.75) is 33.0 Å². The van der Waals surface area contributed by atoms with Crippen molar-refractivity contribution in [3.05, 3.63) is 65.0 Å². The summed E-state index contributed by atoms with van der Waals surface area (Å²) in [4.78, 5) is 0. The Kier molecular flexibility index (Phi) is 4.09. The van der Waals surface area contributed by atoms with Crippen molar-refractivity contribution in [1.82, 2.24) is 0 Å². The summed E-state index contributed by atoms with van der Waals surface area (Å²) in [5.74, 6) is -0.208. The van der Waals surface area contributed by atoms with Crippen LogP contribution in [0.25, 0.3) is 0 Å². The molecule has 0 saturated carbocycles. The second kappa shape index (κ2) is 5.63. The molecule has 0 aliphatic heterocycles. The average molecular weight is 274 g/mol. The van der Waals surface area contributed by atoms with Crippen LogP contribution in [0, 0.1) is 12.7 Å². The number of aliphatic hydroxyl groups is 1. The highest BCUT2D eigenvalue weighted by Crippen LogP contribution is 2.29. The number of ether oxygens (including phenoxy) is 1. The normalized spacial score (nSPS) is 11.4. The van der Waals surface area contributed by atoms with Crippen molar-refractivity contribution in [3.8, 4) is 5.75 Å². The molecule has 0 aromatic heterocycles. The maximum Gasteiger partial charge on any atom is 0.165 e. The standard InChI is InChI=1S/C17H19FO2/c1-12-9-14(17(2,3)19)10-15(18)16(12)20-11-13-7-5-4-6-8-13/h4-10,19H,11H2,1-3H3. The SMILES string of the molecule is Cc1cc(C(C)(C)O)cc(F)c1OCc1ccccc1. The summed E-state index contributed by atoms with van der Waals surface area (Å²) in [5, 5.41) is 9.93. The molecule has 0 atom stereocenters. The zero-order valence-electron chi connectivity index (χ0n) is 12.0. The average Bonchev–Trinajstić information content (AvgIpc) is 2.37. The summed E-state index contributed by atoms with van der Waals surface area (Å²) in [6.45, 7) is 5.36. The highest BCUT2D eigenvalue weighted by Gasteiger charge is 2.20. The summed E-state index contributed by atoms with van der Waals surface area (Å²) < 4.78 is 19.7. The first-order valence-electron chi connectivity index (χ1n) is 6.57. The quantitative estimate of drug-likeness (QED) is 0.915. The van der Waals surface area contributed by atoms with Crippen LogP contribution in [0.1, 0.15) is 30.5 Å². The molecule has 0 bridgehead atoms. The zero-order valence-corrected chi connectivity index (χ0v) is 12.0. The van der Waals surface area contributed by atoms with Gasteiger partial charge in [-0.25, -0.2) is 4.39 Å². The fourth-order valence-corrected chi connectivity index (χ4v) is 2.00. The second-order valence-electron chi connectivity index (χ2n) is 5.44. The number of hydrogen-bond donors (Lipinski definition) is 1. The molecule has 2 nitrogen and oxygen atoms in total. The minimum atomic E-state index is -1.07. The minimum Gasteiger partial charge on any atom is -0.486 e. The van der Waals surface area contributed by atoms with Gasteiger partial charge in [0.1, 0.15) is 6.61 Å². The lowest BCUT2D eigenvalue weighted by Crippen LogP contribution is -2.16. The first-order valence-corrected chi connectivity index (χ1v) is 6.57. The van der Waals surface area contributed by atoms with Crippen LogP contribution in [0.15, 0.2) is 42.5 Å². The Morgan fingerprint density at radius 2 is 1.80 bits per heavy atom. The van der Waals surface area contributed by atoms with Gasteiger partial charge in [0.05, 0.1) is 5.60 Å². The summed E-state index contributed by atoms with van der Waals surface area (Å²) in [5.41, 5.74) is 1.14. The van der Waals surface area contributed by atoms with Gasteiger partial charge in [-0.1, -0.05) is 30.3 Å². The Hall–Kier alpha value is -1.87. The molecule has 3 heteroatoms. The predicted octanol–water partition coefficient (Wildman–Crippen LogP) is 3.94. The monoisotopic (exact) mass is 274 g/mol. The minimum absolute atomic E-state index is 0.238. The van der Waals surface area contributed by atoms with E-state index in [9.17, 15) is 9.50 Å². The van der Waals surface area contributed by atoms with E-state index >= 15 is 0 Å². The van der Waals surface area contributed by atoms with Crippen LogP contribution in [0.4, 0.5) is 4.39 Å². The molecule has 0 spiro atoms. The molecule has 0 aliphatic carbocycles. The number of benzene rings is 2. The summed E-state index contributed by atoms with van der Waals surface area (Å²) in [6.07, 6.45) is 0. The third kappa shape index (κ3) is 3.36. The molecular formula is C17H19FO2. The van der Waals surface area contributed by atoms with E-state index in [1.54, 1.807) is 26.8 Å². The number of rotatable bonds is 4. The van der Waals surface area contributed by atoms with Gasteiger partial charge < -0.3 is 9.84 Å². The van der Waals surface area contributed by atoms with Gasteiger partial charge in [-0.3, -0.25) is 0 Å². The molecule has 0 amide bonds. The van der Waals surface area contributed by atoms with Crippen molar-refractivity contribution in [2.75, 3.05) is 0 Å². The van der Waals surface area contributed by atoms with Gasteiger partial charge in [0.2, 0.25) is 0 Å². The van der Waals surface area contributed by atoms with Gasteiger partial charge in [-0.2, -0.15) is 0 Å². The topological polar surface area (TPSA) is 29.5 Å². The molecule has 1 N–H and O–H groups in total. The Balaban J connectivity index is 2.21. The van der Waals surface area contributed by atoms with Gasteiger partial charge >= 0.3 is 0 Å². The van der Waals surface area contributed by atoms with Gasteiger partial charge in [0, 0.05) is 0 Å². The Morgan fingerprint density at radius 3 is 2.35 bits per heavy atom. The van der Waals surface area contributed by atoms with Crippen molar-refractivity contribution >= 4 is 0 Å². The fourth-order valence-electron chi connectivity index (χ4n) is 2.00. The maximum absolute atomic E-state index is 14.1. The van der Waals surface area contributed by atoms with Crippen LogP contribution >= 0.6 is 0 Å². The van der Waals surface area contributed by atoms with Gasteiger partial charge in [-0.15, -0.1) is 0 Å². The van der Waals surface area contributed by atoms with E-state index in [0.717, 1.165) is 5.56 Å². The molecular weight excluding hydrogens is 255 g/mol. The molecule has 20 heavy (non-hydrogen) atoms. The molecule has 2 rings (SSSR count). The second-order valence-corrected chi connectivity index (χ2v) is 5.44. The predicted molar refractivity (Wildman–Crippen MR) is 77.2 cm³/mol. The van der Waals surface area contributed by atoms with Crippen LogP contribution in [0.5, 0.6) is 5.75 Å². The van der Waals surface area contributed by atoms with Crippen LogP contribution in [-0.4, -0.2) is 5.11 Å². The van der Waals surface area contributed by atoms with E-state index in [1.165, 1.54) is 6.07 Å². The third-order valence-corrected chi connectivity index (χ3v) is 3.16. The Morgan fingerprint density at radius 1 is 1.15 bits per heavy atom. The molecule has 0 saturated heterocycles. The summed E-state index contributed by atoms with van der Waals surface area (Å²) in [7, 11) is 0. The van der Waals surface area contributed by atoms with E-state index in [4.69, 9.17) is 4.74 Å². The van der Waals surface area contributed by atoms with Crippen LogP contribution in [0.3, 0.4) is 0 Å². The highest BCUT2D eigenvalue weighted by molar-refractivity contribution is 5.39. The Labute approximate surface area is 118 Å². The summed E-state index contributed by atoms with van der Waals surface area (Å²) in [6, 6.07) is 12.7. The van der Waals surface area contributed by atoms with Crippen molar-refractivity contribution in [1.29, 1.82) is 0 Å². The largest absolute Gasteiger partial charge is 0.486 e. The van der Waals surface area contributed by atoms with E-state index in [0.29, 0.717) is 17.7 Å². The van der Waals surface area contributed by atoms with E-state index < -0.39 is 11.4 Å². The molecule has 2 aromatic carbocycles. The first-order chi connectivity index (χ1) is 9.38. The van der Waals surface area contributed by atoms with Crippen LogP contribution in [-0.2, 0) is 12.2 Å². The number of aryl methyl sites for hydroxylation is 1. The third-order valence-electron chi connectivity index (χ3n) is 3.16. The summed E-state index contributed by atoms with van der Waals surface area (Å²) >= 11 is 0.